The molecule has 0 radical (unpaired) electrons. The fourth-order valence-electron chi connectivity index (χ4n) is 3.20. The summed E-state index contributed by atoms with van der Waals surface area (Å²) < 4.78 is 25.2. The normalized spacial score (nSPS) is 16.1. The van der Waals surface area contributed by atoms with Gasteiger partial charge in [0.15, 0.2) is 6.61 Å². The van der Waals surface area contributed by atoms with E-state index < -0.39 is 11.7 Å². The van der Waals surface area contributed by atoms with Crippen LogP contribution in [0, 0.1) is 18.7 Å². The SMILES string of the molecule is Cc1cccc(OCC2CN(C(=O)c3cc4c(cc3F)OCC(=O)N4)C2)c1. The summed E-state index contributed by atoms with van der Waals surface area (Å²) in [6.07, 6.45) is 0. The summed E-state index contributed by atoms with van der Waals surface area (Å²) in [4.78, 5) is 25.5. The van der Waals surface area contributed by atoms with Crippen LogP contribution < -0.4 is 14.8 Å². The van der Waals surface area contributed by atoms with Gasteiger partial charge < -0.3 is 19.7 Å². The molecule has 140 valence electrons. The van der Waals surface area contributed by atoms with Crippen LogP contribution in [0.1, 0.15) is 15.9 Å². The Morgan fingerprint density at radius 2 is 2.15 bits per heavy atom. The summed E-state index contributed by atoms with van der Waals surface area (Å²) in [5, 5.41) is 2.59. The predicted molar refractivity (Wildman–Crippen MR) is 96.6 cm³/mol. The van der Waals surface area contributed by atoms with Crippen molar-refractivity contribution in [3.05, 3.63) is 53.3 Å². The van der Waals surface area contributed by atoms with Crippen LogP contribution in [-0.4, -0.2) is 43.0 Å². The molecule has 0 aliphatic carbocycles. The molecule has 2 aromatic rings. The summed E-state index contributed by atoms with van der Waals surface area (Å²) in [6.45, 7) is 3.35. The second-order valence-electron chi connectivity index (χ2n) is 6.87. The number of ether oxygens (including phenoxy) is 2. The smallest absolute Gasteiger partial charge is 0.262 e. The Kier molecular flexibility index (Phi) is 4.43. The number of halogens is 1. The van der Waals surface area contributed by atoms with Crippen LogP contribution in [0.4, 0.5) is 10.1 Å². The number of aryl methyl sites for hydroxylation is 1. The average molecular weight is 370 g/mol. The van der Waals surface area contributed by atoms with E-state index in [1.165, 1.54) is 6.07 Å². The Labute approximate surface area is 155 Å². The number of hydrogen-bond acceptors (Lipinski definition) is 4. The van der Waals surface area contributed by atoms with E-state index in [0.717, 1.165) is 17.4 Å². The van der Waals surface area contributed by atoms with E-state index in [-0.39, 0.29) is 29.7 Å². The molecule has 2 heterocycles. The van der Waals surface area contributed by atoms with Crippen molar-refractivity contribution in [2.24, 2.45) is 5.92 Å². The number of likely N-dealkylation sites (tertiary alicyclic amines) is 1. The van der Waals surface area contributed by atoms with Crippen LogP contribution in [-0.2, 0) is 4.79 Å². The summed E-state index contributed by atoms with van der Waals surface area (Å²) >= 11 is 0. The molecule has 2 aliphatic heterocycles. The van der Waals surface area contributed by atoms with Gasteiger partial charge in [-0.25, -0.2) is 4.39 Å². The Bertz CT molecular complexity index is 909. The minimum atomic E-state index is -0.658. The number of benzene rings is 2. The summed E-state index contributed by atoms with van der Waals surface area (Å²) in [5.41, 5.74) is 1.37. The molecule has 2 aliphatic rings. The quantitative estimate of drug-likeness (QED) is 0.898. The molecule has 4 rings (SSSR count). The van der Waals surface area contributed by atoms with Crippen molar-refractivity contribution in [1.29, 1.82) is 0 Å². The van der Waals surface area contributed by atoms with Crippen LogP contribution in [0.2, 0.25) is 0 Å². The van der Waals surface area contributed by atoms with Gasteiger partial charge >= 0.3 is 0 Å². The van der Waals surface area contributed by atoms with Gasteiger partial charge in [0.1, 0.15) is 17.3 Å². The molecule has 0 saturated carbocycles. The van der Waals surface area contributed by atoms with Crippen LogP contribution >= 0.6 is 0 Å². The van der Waals surface area contributed by atoms with Crippen molar-refractivity contribution in [3.63, 3.8) is 0 Å². The molecule has 1 fully saturated rings. The molecule has 0 bridgehead atoms. The second-order valence-corrected chi connectivity index (χ2v) is 6.87. The number of hydrogen-bond donors (Lipinski definition) is 1. The summed E-state index contributed by atoms with van der Waals surface area (Å²) in [7, 11) is 0. The third-order valence-electron chi connectivity index (χ3n) is 4.65. The predicted octanol–water partition coefficient (Wildman–Crippen LogP) is 2.62. The van der Waals surface area contributed by atoms with Gasteiger partial charge in [-0.1, -0.05) is 12.1 Å². The summed E-state index contributed by atoms with van der Waals surface area (Å²) in [6, 6.07) is 10.3. The molecule has 1 saturated heterocycles. The molecule has 27 heavy (non-hydrogen) atoms. The highest BCUT2D eigenvalue weighted by Crippen LogP contribution is 2.32. The highest BCUT2D eigenvalue weighted by molar-refractivity contribution is 6.00. The van der Waals surface area contributed by atoms with Crippen LogP contribution in [0.3, 0.4) is 0 Å². The van der Waals surface area contributed by atoms with E-state index in [9.17, 15) is 14.0 Å². The van der Waals surface area contributed by atoms with E-state index in [2.05, 4.69) is 5.32 Å². The monoisotopic (exact) mass is 370 g/mol. The summed E-state index contributed by atoms with van der Waals surface area (Å²) in [5.74, 6) is -0.146. The molecule has 1 N–H and O–H groups in total. The fourth-order valence-corrected chi connectivity index (χ4v) is 3.20. The lowest BCUT2D eigenvalue weighted by Gasteiger charge is -2.39. The average Bonchev–Trinajstić information content (AvgIpc) is 2.60. The van der Waals surface area contributed by atoms with Gasteiger partial charge in [-0.15, -0.1) is 0 Å². The lowest BCUT2D eigenvalue weighted by atomic mass is 9.99. The number of nitrogens with zero attached hydrogens (tertiary/aromatic N) is 1. The van der Waals surface area contributed by atoms with E-state index in [1.54, 1.807) is 4.90 Å². The van der Waals surface area contributed by atoms with Gasteiger partial charge in [-0.2, -0.15) is 0 Å². The van der Waals surface area contributed by atoms with Crippen LogP contribution in [0.15, 0.2) is 36.4 Å². The fraction of sp³-hybridized carbons (Fsp3) is 0.300. The largest absolute Gasteiger partial charge is 0.493 e. The molecule has 0 spiro atoms. The zero-order valence-electron chi connectivity index (χ0n) is 14.8. The minimum absolute atomic E-state index is 0.0717. The zero-order valence-corrected chi connectivity index (χ0v) is 14.8. The molecule has 2 amide bonds. The van der Waals surface area contributed by atoms with Crippen molar-refractivity contribution in [3.8, 4) is 11.5 Å². The molecule has 0 unspecified atom stereocenters. The Morgan fingerprint density at radius 3 is 2.93 bits per heavy atom. The van der Waals surface area contributed by atoms with Crippen molar-refractivity contribution in [2.45, 2.75) is 6.92 Å². The molecule has 6 nitrogen and oxygen atoms in total. The molecule has 0 aromatic heterocycles. The first kappa shape index (κ1) is 17.3. The first-order valence-corrected chi connectivity index (χ1v) is 8.74. The van der Waals surface area contributed by atoms with Gasteiger partial charge in [-0.3, -0.25) is 9.59 Å². The number of carbonyl (C=O) groups excluding carboxylic acids is 2. The molecule has 2 aromatic carbocycles. The van der Waals surface area contributed by atoms with E-state index in [1.807, 2.05) is 31.2 Å². The van der Waals surface area contributed by atoms with Crippen LogP contribution in [0.5, 0.6) is 11.5 Å². The van der Waals surface area contributed by atoms with Crippen molar-refractivity contribution in [1.82, 2.24) is 4.90 Å². The first-order chi connectivity index (χ1) is 13.0. The topological polar surface area (TPSA) is 67.9 Å². The van der Waals surface area contributed by atoms with Crippen molar-refractivity contribution >= 4 is 17.5 Å². The third-order valence-corrected chi connectivity index (χ3v) is 4.65. The maximum atomic E-state index is 14.3. The van der Waals surface area contributed by atoms with E-state index in [0.29, 0.717) is 25.4 Å². The van der Waals surface area contributed by atoms with Gasteiger partial charge in [0, 0.05) is 25.1 Å². The van der Waals surface area contributed by atoms with Gasteiger partial charge in [0.2, 0.25) is 0 Å². The number of carbonyl (C=O) groups is 2. The third kappa shape index (κ3) is 3.58. The maximum Gasteiger partial charge on any atom is 0.262 e. The highest BCUT2D eigenvalue weighted by atomic mass is 19.1. The van der Waals surface area contributed by atoms with Crippen molar-refractivity contribution in [2.75, 3.05) is 31.6 Å². The van der Waals surface area contributed by atoms with Crippen LogP contribution in [0.25, 0.3) is 0 Å². The van der Waals surface area contributed by atoms with E-state index in [4.69, 9.17) is 9.47 Å². The lowest BCUT2D eigenvalue weighted by molar-refractivity contribution is -0.118. The number of anilines is 1. The number of nitrogens with one attached hydrogen (secondary N) is 1. The Hall–Kier alpha value is -3.09. The highest BCUT2D eigenvalue weighted by Gasteiger charge is 2.33. The number of rotatable bonds is 4. The minimum Gasteiger partial charge on any atom is -0.493 e. The van der Waals surface area contributed by atoms with Gasteiger partial charge in [0.25, 0.3) is 11.8 Å². The van der Waals surface area contributed by atoms with Gasteiger partial charge in [0.05, 0.1) is 17.9 Å². The molecule has 7 heteroatoms. The number of amides is 2. The number of fused-ring (bicyclic) bond motifs is 1. The molecular formula is C20H19FN2O4. The lowest BCUT2D eigenvalue weighted by Crippen LogP contribution is -2.52. The molecular weight excluding hydrogens is 351 g/mol. The standard InChI is InChI=1S/C20H19FN2O4/c1-12-3-2-4-14(5-12)26-10-13-8-23(9-13)20(25)15-6-17-18(7-16(15)21)27-11-19(24)22-17/h2-7,13H,8-11H2,1H3,(H,22,24). The Morgan fingerprint density at radius 1 is 1.33 bits per heavy atom. The second kappa shape index (κ2) is 6.90. The maximum absolute atomic E-state index is 14.3. The molecule has 0 atom stereocenters. The zero-order chi connectivity index (χ0) is 19.0. The first-order valence-electron chi connectivity index (χ1n) is 8.74. The van der Waals surface area contributed by atoms with E-state index >= 15 is 0 Å². The Balaban J connectivity index is 1.36. The van der Waals surface area contributed by atoms with Gasteiger partial charge in [-0.05, 0) is 30.7 Å². The van der Waals surface area contributed by atoms with Crippen molar-refractivity contribution < 1.29 is 23.5 Å².